The van der Waals surface area contributed by atoms with Crippen molar-refractivity contribution < 1.29 is 14.5 Å². The lowest BCUT2D eigenvalue weighted by Gasteiger charge is -2.16. The number of hydrogen-bond donors (Lipinski definition) is 0. The third kappa shape index (κ3) is 2.83. The highest BCUT2D eigenvalue weighted by Gasteiger charge is 2.18. The molecule has 22 heavy (non-hydrogen) atoms. The molecule has 0 saturated heterocycles. The molecule has 0 fully saturated rings. The molecule has 1 aliphatic carbocycles. The van der Waals surface area contributed by atoms with E-state index in [9.17, 15) is 14.9 Å². The van der Waals surface area contributed by atoms with E-state index in [1.165, 1.54) is 6.07 Å². The summed E-state index contributed by atoms with van der Waals surface area (Å²) in [5.41, 5.74) is 2.34. The largest absolute Gasteiger partial charge is 0.489 e. The molecule has 0 saturated carbocycles. The number of ether oxygens (including phenoxy) is 1. The Morgan fingerprint density at radius 2 is 1.95 bits per heavy atom. The van der Waals surface area contributed by atoms with Crippen molar-refractivity contribution in [2.45, 2.75) is 25.9 Å². The maximum atomic E-state index is 11.8. The first-order chi connectivity index (χ1) is 10.6. The zero-order valence-corrected chi connectivity index (χ0v) is 12.0. The second-order valence-electron chi connectivity index (χ2n) is 5.27. The monoisotopic (exact) mass is 297 g/mol. The van der Waals surface area contributed by atoms with Gasteiger partial charge >= 0.3 is 0 Å². The summed E-state index contributed by atoms with van der Waals surface area (Å²) in [5.74, 6) is 0.804. The molecule has 2 aromatic carbocycles. The van der Waals surface area contributed by atoms with Crippen molar-refractivity contribution in [3.63, 3.8) is 0 Å². The van der Waals surface area contributed by atoms with Crippen molar-refractivity contribution in [1.82, 2.24) is 0 Å². The van der Waals surface area contributed by atoms with Gasteiger partial charge in [-0.05, 0) is 42.7 Å². The molecule has 0 unspecified atom stereocenters. The van der Waals surface area contributed by atoms with E-state index in [0.717, 1.165) is 24.0 Å². The van der Waals surface area contributed by atoms with Crippen molar-refractivity contribution in [2.24, 2.45) is 0 Å². The van der Waals surface area contributed by atoms with Gasteiger partial charge < -0.3 is 4.74 Å². The molecule has 0 aliphatic heterocycles. The van der Waals surface area contributed by atoms with Crippen LogP contribution in [0.4, 0.5) is 5.69 Å². The van der Waals surface area contributed by atoms with Gasteiger partial charge in [0.25, 0.3) is 5.69 Å². The number of rotatable bonds is 4. The van der Waals surface area contributed by atoms with Crippen LogP contribution in [0.3, 0.4) is 0 Å². The van der Waals surface area contributed by atoms with Crippen LogP contribution in [-0.4, -0.2) is 10.7 Å². The lowest BCUT2D eigenvalue weighted by Crippen LogP contribution is -2.10. The Labute approximate surface area is 127 Å². The molecule has 0 radical (unpaired) electrons. The molecule has 5 nitrogen and oxygen atoms in total. The molecule has 0 spiro atoms. The van der Waals surface area contributed by atoms with Crippen molar-refractivity contribution in [2.75, 3.05) is 0 Å². The predicted octanol–water partition coefficient (Wildman–Crippen LogP) is 3.69. The molecule has 0 aromatic heterocycles. The summed E-state index contributed by atoms with van der Waals surface area (Å²) in [7, 11) is 0. The topological polar surface area (TPSA) is 69.4 Å². The molecule has 0 atom stereocenters. The van der Waals surface area contributed by atoms with Crippen molar-refractivity contribution in [3.05, 3.63) is 69.3 Å². The van der Waals surface area contributed by atoms with E-state index in [4.69, 9.17) is 4.74 Å². The Morgan fingerprint density at radius 1 is 1.14 bits per heavy atom. The van der Waals surface area contributed by atoms with E-state index in [2.05, 4.69) is 0 Å². The maximum Gasteiger partial charge on any atom is 0.276 e. The second-order valence-corrected chi connectivity index (χ2v) is 5.27. The third-order valence-electron chi connectivity index (χ3n) is 3.81. The summed E-state index contributed by atoms with van der Waals surface area (Å²) < 4.78 is 5.67. The van der Waals surface area contributed by atoms with Gasteiger partial charge in [-0.3, -0.25) is 14.9 Å². The van der Waals surface area contributed by atoms with Crippen LogP contribution >= 0.6 is 0 Å². The summed E-state index contributed by atoms with van der Waals surface area (Å²) in [6, 6.07) is 11.9. The van der Waals surface area contributed by atoms with Crippen LogP contribution < -0.4 is 4.74 Å². The molecule has 112 valence electrons. The SMILES string of the molecule is O=C1CCCc2cc(OCc3ccccc3[N+](=O)[O-])ccc21. The summed E-state index contributed by atoms with van der Waals surface area (Å²) in [6.07, 6.45) is 2.33. The number of aryl methyl sites for hydroxylation is 1. The minimum absolute atomic E-state index is 0.0515. The van der Waals surface area contributed by atoms with Crippen molar-refractivity contribution in [1.29, 1.82) is 0 Å². The van der Waals surface area contributed by atoms with Crippen LogP contribution in [0.15, 0.2) is 42.5 Å². The number of nitro benzene ring substituents is 1. The zero-order valence-electron chi connectivity index (χ0n) is 12.0. The number of ketones is 1. The first kappa shape index (κ1) is 14.3. The van der Waals surface area contributed by atoms with E-state index < -0.39 is 4.92 Å². The number of benzene rings is 2. The van der Waals surface area contributed by atoms with Crippen LogP contribution in [0.2, 0.25) is 0 Å². The molecule has 5 heteroatoms. The summed E-state index contributed by atoms with van der Waals surface area (Å²) in [6.45, 7) is 0.129. The molecule has 0 amide bonds. The van der Waals surface area contributed by atoms with Crippen LogP contribution in [0, 0.1) is 10.1 Å². The minimum atomic E-state index is -0.412. The third-order valence-corrected chi connectivity index (χ3v) is 3.81. The minimum Gasteiger partial charge on any atom is -0.489 e. The normalized spacial score (nSPS) is 13.5. The lowest BCUT2D eigenvalue weighted by atomic mass is 9.90. The Morgan fingerprint density at radius 3 is 2.77 bits per heavy atom. The Balaban J connectivity index is 1.78. The van der Waals surface area contributed by atoms with Crippen LogP contribution in [-0.2, 0) is 13.0 Å². The van der Waals surface area contributed by atoms with Gasteiger partial charge in [0.05, 0.1) is 10.5 Å². The fraction of sp³-hybridized carbons (Fsp3) is 0.235. The van der Waals surface area contributed by atoms with Gasteiger partial charge in [-0.1, -0.05) is 12.1 Å². The van der Waals surface area contributed by atoms with Gasteiger partial charge in [0.1, 0.15) is 12.4 Å². The van der Waals surface area contributed by atoms with Crippen LogP contribution in [0.5, 0.6) is 5.75 Å². The summed E-state index contributed by atoms with van der Waals surface area (Å²) in [5, 5.41) is 11.0. The average Bonchev–Trinajstić information content (AvgIpc) is 2.53. The van der Waals surface area contributed by atoms with Gasteiger partial charge in [0.2, 0.25) is 0 Å². The average molecular weight is 297 g/mol. The summed E-state index contributed by atoms with van der Waals surface area (Å²) in [4.78, 5) is 22.3. The van der Waals surface area contributed by atoms with E-state index >= 15 is 0 Å². The van der Waals surface area contributed by atoms with Gasteiger partial charge in [-0.15, -0.1) is 0 Å². The highest BCUT2D eigenvalue weighted by atomic mass is 16.6. The molecule has 0 heterocycles. The van der Waals surface area contributed by atoms with Gasteiger partial charge in [0, 0.05) is 18.1 Å². The quantitative estimate of drug-likeness (QED) is 0.637. The maximum absolute atomic E-state index is 11.8. The first-order valence-electron chi connectivity index (χ1n) is 7.16. The first-order valence-corrected chi connectivity index (χ1v) is 7.16. The molecule has 0 bridgehead atoms. The molecular weight excluding hydrogens is 282 g/mol. The number of fused-ring (bicyclic) bond motifs is 1. The lowest BCUT2D eigenvalue weighted by molar-refractivity contribution is -0.385. The van der Waals surface area contributed by atoms with E-state index in [-0.39, 0.29) is 18.1 Å². The van der Waals surface area contributed by atoms with E-state index in [0.29, 0.717) is 17.7 Å². The number of carbonyl (C=O) groups is 1. The van der Waals surface area contributed by atoms with Gasteiger partial charge in [-0.2, -0.15) is 0 Å². The zero-order chi connectivity index (χ0) is 15.5. The number of nitro groups is 1. The molecule has 1 aliphatic rings. The molecule has 0 N–H and O–H groups in total. The highest BCUT2D eigenvalue weighted by Crippen LogP contribution is 2.26. The van der Waals surface area contributed by atoms with E-state index in [1.54, 1.807) is 30.3 Å². The fourth-order valence-corrected chi connectivity index (χ4v) is 2.68. The number of carbonyl (C=O) groups excluding carboxylic acids is 1. The second kappa shape index (κ2) is 5.97. The molecule has 2 aromatic rings. The van der Waals surface area contributed by atoms with Gasteiger partial charge in [0.15, 0.2) is 5.78 Å². The Kier molecular flexibility index (Phi) is 3.87. The predicted molar refractivity (Wildman–Crippen MR) is 81.1 cm³/mol. The number of Topliss-reactive ketones (excluding diaryl/α,β-unsaturated/α-hetero) is 1. The standard InChI is InChI=1S/C17H15NO4/c19-17-7-3-5-12-10-14(8-9-15(12)17)22-11-13-4-1-2-6-16(13)18(20)21/h1-2,4,6,8-10H,3,5,7,11H2. The fourth-order valence-electron chi connectivity index (χ4n) is 2.68. The summed E-state index contributed by atoms with van der Waals surface area (Å²) >= 11 is 0. The van der Waals surface area contributed by atoms with Crippen LogP contribution in [0.25, 0.3) is 0 Å². The number of nitrogens with zero attached hydrogens (tertiary/aromatic N) is 1. The Bertz CT molecular complexity index is 739. The molecular formula is C17H15NO4. The van der Waals surface area contributed by atoms with Crippen molar-refractivity contribution in [3.8, 4) is 5.75 Å². The van der Waals surface area contributed by atoms with Crippen molar-refractivity contribution >= 4 is 11.5 Å². The Hall–Kier alpha value is -2.69. The molecule has 3 rings (SSSR count). The van der Waals surface area contributed by atoms with Gasteiger partial charge in [-0.25, -0.2) is 0 Å². The van der Waals surface area contributed by atoms with Crippen LogP contribution in [0.1, 0.15) is 34.3 Å². The van der Waals surface area contributed by atoms with E-state index in [1.807, 2.05) is 6.07 Å². The number of para-hydroxylation sites is 1. The smallest absolute Gasteiger partial charge is 0.276 e. The number of hydrogen-bond acceptors (Lipinski definition) is 4. The highest BCUT2D eigenvalue weighted by molar-refractivity contribution is 5.98.